The summed E-state index contributed by atoms with van der Waals surface area (Å²) in [6, 6.07) is 6.95. The summed E-state index contributed by atoms with van der Waals surface area (Å²) in [5.41, 5.74) is 5.98. The van der Waals surface area contributed by atoms with Crippen LogP contribution in [0.2, 0.25) is 0 Å². The molecule has 0 saturated heterocycles. The molecule has 0 unspecified atom stereocenters. The van der Waals surface area contributed by atoms with Gasteiger partial charge in [0, 0.05) is 20.4 Å². The standard InChI is InChI=1S/C11H10Br2N2O2S2/c12-7-4-9(13)11(10(14)5-7)19(16,17)15-6-8-2-1-3-18-8/h1-5,15H,6,14H2. The number of nitrogens with one attached hydrogen (secondary N) is 1. The lowest BCUT2D eigenvalue weighted by molar-refractivity contribution is 0.581. The number of halogens is 2. The molecule has 0 bridgehead atoms. The highest BCUT2D eigenvalue weighted by Crippen LogP contribution is 2.31. The van der Waals surface area contributed by atoms with Gasteiger partial charge in [0.05, 0.1) is 5.69 Å². The quantitative estimate of drug-likeness (QED) is 0.737. The minimum absolute atomic E-state index is 0.0623. The second kappa shape index (κ2) is 5.92. The highest BCUT2D eigenvalue weighted by atomic mass is 79.9. The molecule has 0 atom stereocenters. The van der Waals surface area contributed by atoms with E-state index in [1.807, 2.05) is 17.5 Å². The van der Waals surface area contributed by atoms with Crippen LogP contribution in [-0.4, -0.2) is 8.42 Å². The van der Waals surface area contributed by atoms with Gasteiger partial charge in [-0.2, -0.15) is 0 Å². The Labute approximate surface area is 132 Å². The van der Waals surface area contributed by atoms with Crippen molar-refractivity contribution in [1.29, 1.82) is 0 Å². The minimum atomic E-state index is -3.65. The molecule has 0 amide bonds. The van der Waals surface area contributed by atoms with Crippen molar-refractivity contribution in [2.24, 2.45) is 0 Å². The van der Waals surface area contributed by atoms with Crippen LogP contribution in [0.4, 0.5) is 5.69 Å². The van der Waals surface area contributed by atoms with E-state index in [0.717, 1.165) is 4.88 Å². The molecule has 1 aromatic carbocycles. The number of benzene rings is 1. The van der Waals surface area contributed by atoms with E-state index in [2.05, 4.69) is 36.6 Å². The van der Waals surface area contributed by atoms with E-state index in [0.29, 0.717) is 8.95 Å². The van der Waals surface area contributed by atoms with Gasteiger partial charge in [0.15, 0.2) is 0 Å². The van der Waals surface area contributed by atoms with Gasteiger partial charge < -0.3 is 5.73 Å². The molecule has 8 heteroatoms. The molecule has 0 fully saturated rings. The molecule has 2 rings (SSSR count). The molecule has 19 heavy (non-hydrogen) atoms. The van der Waals surface area contributed by atoms with Crippen molar-refractivity contribution in [1.82, 2.24) is 4.72 Å². The summed E-state index contributed by atoms with van der Waals surface area (Å²) in [5.74, 6) is 0. The molecule has 1 heterocycles. The first kappa shape index (κ1) is 15.0. The lowest BCUT2D eigenvalue weighted by Crippen LogP contribution is -2.24. The molecule has 1 aromatic heterocycles. The fourth-order valence-corrected chi connectivity index (χ4v) is 5.32. The van der Waals surface area contributed by atoms with Crippen LogP contribution < -0.4 is 10.5 Å². The fourth-order valence-electron chi connectivity index (χ4n) is 1.52. The van der Waals surface area contributed by atoms with Gasteiger partial charge in [0.1, 0.15) is 4.90 Å². The maximum atomic E-state index is 12.2. The summed E-state index contributed by atoms with van der Waals surface area (Å²) in [6.07, 6.45) is 0. The van der Waals surface area contributed by atoms with Crippen molar-refractivity contribution in [3.8, 4) is 0 Å². The fraction of sp³-hybridized carbons (Fsp3) is 0.0909. The van der Waals surface area contributed by atoms with Crippen LogP contribution in [0.15, 0.2) is 43.5 Å². The van der Waals surface area contributed by atoms with Crippen molar-refractivity contribution in [2.45, 2.75) is 11.4 Å². The third-order valence-electron chi connectivity index (χ3n) is 2.32. The molecular weight excluding hydrogens is 416 g/mol. The molecule has 0 spiro atoms. The molecule has 3 N–H and O–H groups in total. The highest BCUT2D eigenvalue weighted by Gasteiger charge is 2.21. The normalized spacial score (nSPS) is 11.7. The number of nitrogens with two attached hydrogens (primary N) is 1. The SMILES string of the molecule is Nc1cc(Br)cc(Br)c1S(=O)(=O)NCc1cccs1. The third kappa shape index (κ3) is 3.57. The number of rotatable bonds is 4. The number of nitrogen functional groups attached to an aromatic ring is 1. The Morgan fingerprint density at radius 1 is 1.32 bits per heavy atom. The highest BCUT2D eigenvalue weighted by molar-refractivity contribution is 9.11. The zero-order valence-electron chi connectivity index (χ0n) is 9.56. The number of hydrogen-bond acceptors (Lipinski definition) is 4. The molecular formula is C11H10Br2N2O2S2. The smallest absolute Gasteiger partial charge is 0.244 e. The Morgan fingerprint density at radius 2 is 2.05 bits per heavy atom. The van der Waals surface area contributed by atoms with Crippen LogP contribution in [-0.2, 0) is 16.6 Å². The van der Waals surface area contributed by atoms with E-state index >= 15 is 0 Å². The average molecular weight is 426 g/mol. The maximum Gasteiger partial charge on any atom is 0.244 e. The first-order chi connectivity index (χ1) is 8.90. The first-order valence-corrected chi connectivity index (χ1v) is 9.11. The Bertz CT molecular complexity index is 662. The van der Waals surface area contributed by atoms with Crippen molar-refractivity contribution in [3.05, 3.63) is 43.5 Å². The van der Waals surface area contributed by atoms with Gasteiger partial charge >= 0.3 is 0 Å². The van der Waals surface area contributed by atoms with Gasteiger partial charge in [-0.3, -0.25) is 0 Å². The van der Waals surface area contributed by atoms with Crippen molar-refractivity contribution >= 4 is 58.9 Å². The van der Waals surface area contributed by atoms with Crippen LogP contribution in [0, 0.1) is 0 Å². The van der Waals surface area contributed by atoms with Crippen LogP contribution in [0.1, 0.15) is 4.88 Å². The largest absolute Gasteiger partial charge is 0.398 e. The molecule has 0 aliphatic heterocycles. The Hall–Kier alpha value is -0.410. The molecule has 102 valence electrons. The van der Waals surface area contributed by atoms with Gasteiger partial charge in [-0.1, -0.05) is 22.0 Å². The van der Waals surface area contributed by atoms with Crippen molar-refractivity contribution < 1.29 is 8.42 Å². The van der Waals surface area contributed by atoms with E-state index in [4.69, 9.17) is 5.73 Å². The molecule has 2 aromatic rings. The zero-order chi connectivity index (χ0) is 14.0. The predicted molar refractivity (Wildman–Crippen MR) is 84.6 cm³/mol. The van der Waals surface area contributed by atoms with Gasteiger partial charge in [0.2, 0.25) is 10.0 Å². The summed E-state index contributed by atoms with van der Waals surface area (Å²) >= 11 is 7.98. The van der Waals surface area contributed by atoms with Crippen molar-refractivity contribution in [2.75, 3.05) is 5.73 Å². The average Bonchev–Trinajstić information content (AvgIpc) is 2.77. The van der Waals surface area contributed by atoms with Crippen LogP contribution in [0.25, 0.3) is 0 Å². The number of anilines is 1. The van der Waals surface area contributed by atoms with E-state index < -0.39 is 10.0 Å². The Morgan fingerprint density at radius 3 is 2.63 bits per heavy atom. The lowest BCUT2D eigenvalue weighted by atomic mass is 10.3. The monoisotopic (exact) mass is 424 g/mol. The summed E-state index contributed by atoms with van der Waals surface area (Å²) in [7, 11) is -3.65. The minimum Gasteiger partial charge on any atom is -0.398 e. The van der Waals surface area contributed by atoms with Gasteiger partial charge in [-0.25, -0.2) is 13.1 Å². The molecule has 4 nitrogen and oxygen atoms in total. The second-order valence-corrected chi connectivity index (χ2v) is 8.22. The van der Waals surface area contributed by atoms with Crippen LogP contribution in [0.5, 0.6) is 0 Å². The Kier molecular flexibility index (Phi) is 4.67. The second-order valence-electron chi connectivity index (χ2n) is 3.71. The van der Waals surface area contributed by atoms with E-state index in [1.54, 1.807) is 12.1 Å². The summed E-state index contributed by atoms with van der Waals surface area (Å²) < 4.78 is 28.2. The molecule has 0 aliphatic rings. The predicted octanol–water partition coefficient (Wildman–Crippen LogP) is 3.33. The molecule has 0 aliphatic carbocycles. The number of thiophene rings is 1. The third-order valence-corrected chi connectivity index (χ3v) is 6.06. The van der Waals surface area contributed by atoms with Crippen LogP contribution >= 0.6 is 43.2 Å². The van der Waals surface area contributed by atoms with Crippen LogP contribution in [0.3, 0.4) is 0 Å². The lowest BCUT2D eigenvalue weighted by Gasteiger charge is -2.11. The molecule has 0 radical (unpaired) electrons. The van der Waals surface area contributed by atoms with E-state index in [9.17, 15) is 8.42 Å². The van der Waals surface area contributed by atoms with E-state index in [-0.39, 0.29) is 17.1 Å². The maximum absolute atomic E-state index is 12.2. The van der Waals surface area contributed by atoms with Gasteiger partial charge in [-0.05, 0) is 39.5 Å². The summed E-state index contributed by atoms with van der Waals surface area (Å²) in [6.45, 7) is 0.252. The molecule has 0 saturated carbocycles. The number of hydrogen-bond donors (Lipinski definition) is 2. The van der Waals surface area contributed by atoms with E-state index in [1.165, 1.54) is 11.3 Å². The van der Waals surface area contributed by atoms with Gasteiger partial charge in [0.25, 0.3) is 0 Å². The summed E-state index contributed by atoms with van der Waals surface area (Å²) in [5, 5.41) is 1.90. The van der Waals surface area contributed by atoms with Crippen molar-refractivity contribution in [3.63, 3.8) is 0 Å². The first-order valence-electron chi connectivity index (χ1n) is 5.17. The Balaban J connectivity index is 2.29. The summed E-state index contributed by atoms with van der Waals surface area (Å²) in [4.78, 5) is 1.00. The number of sulfonamides is 1. The topological polar surface area (TPSA) is 72.2 Å². The van der Waals surface area contributed by atoms with Gasteiger partial charge in [-0.15, -0.1) is 11.3 Å². The zero-order valence-corrected chi connectivity index (χ0v) is 14.4.